The number of halogens is 1. The first-order valence-corrected chi connectivity index (χ1v) is 4.41. The van der Waals surface area contributed by atoms with Crippen LogP contribution in [-0.2, 0) is 0 Å². The summed E-state index contributed by atoms with van der Waals surface area (Å²) in [6, 6.07) is 8.40. The Bertz CT molecular complexity index is 288. The van der Waals surface area contributed by atoms with Crippen molar-refractivity contribution in [1.82, 2.24) is 0 Å². The topological polar surface area (TPSA) is 29.0 Å². The second-order valence-corrected chi connectivity index (χ2v) is 3.46. The van der Waals surface area contributed by atoms with Crippen LogP contribution >= 0.6 is 11.6 Å². The summed E-state index contributed by atoms with van der Waals surface area (Å²) in [5.74, 6) is 0. The van der Waals surface area contributed by atoms with Gasteiger partial charge in [0.15, 0.2) is 0 Å². The van der Waals surface area contributed by atoms with Crippen LogP contribution < -0.4 is 10.6 Å². The van der Waals surface area contributed by atoms with Crippen LogP contribution in [0.5, 0.6) is 0 Å². The van der Waals surface area contributed by atoms with E-state index >= 15 is 0 Å². The van der Waals surface area contributed by atoms with Crippen molar-refractivity contribution in [1.29, 1.82) is 0 Å². The molecule has 1 aliphatic rings. The fraction of sp³-hybridized carbons (Fsp3) is 0.333. The van der Waals surface area contributed by atoms with Gasteiger partial charge < -0.3 is 10.6 Å². The highest BCUT2D eigenvalue weighted by Gasteiger charge is 2.32. The Morgan fingerprint density at radius 3 is 3.00 bits per heavy atom. The molecular formula is C9H11ClN2. The van der Waals surface area contributed by atoms with Gasteiger partial charge in [-0.15, -0.1) is 0 Å². The van der Waals surface area contributed by atoms with Crippen molar-refractivity contribution in [2.24, 2.45) is 5.73 Å². The molecule has 0 aromatic heterocycles. The summed E-state index contributed by atoms with van der Waals surface area (Å²) in [7, 11) is 0. The summed E-state index contributed by atoms with van der Waals surface area (Å²) in [6.45, 7) is 1.79. The van der Waals surface area contributed by atoms with Crippen molar-refractivity contribution >= 4 is 17.3 Å². The number of nitrogens with zero attached hydrogens (tertiary/aromatic N) is 1. The molecule has 1 fully saturated rings. The number of benzene rings is 1. The van der Waals surface area contributed by atoms with E-state index in [4.69, 9.17) is 17.3 Å². The summed E-state index contributed by atoms with van der Waals surface area (Å²) in [5, 5.41) is 0.787. The molecule has 1 heterocycles. The van der Waals surface area contributed by atoms with E-state index in [1.165, 1.54) is 5.69 Å². The standard InChI is InChI=1S/C9H11ClN2/c10-7-2-1-3-8(4-7)12-6-9(12)5-11/h1-4,9H,5-6,11H2. The summed E-state index contributed by atoms with van der Waals surface area (Å²) >= 11 is 5.85. The smallest absolute Gasteiger partial charge is 0.0588 e. The van der Waals surface area contributed by atoms with Crippen LogP contribution in [0.3, 0.4) is 0 Å². The number of hydrogen-bond acceptors (Lipinski definition) is 2. The number of nitrogens with two attached hydrogens (primary N) is 1. The van der Waals surface area contributed by atoms with Gasteiger partial charge in [-0.3, -0.25) is 0 Å². The third-order valence-electron chi connectivity index (χ3n) is 2.13. The average Bonchev–Trinajstić information content (AvgIpc) is 2.83. The van der Waals surface area contributed by atoms with E-state index in [9.17, 15) is 0 Å². The lowest BCUT2D eigenvalue weighted by molar-refractivity contribution is 0.967. The Labute approximate surface area is 76.9 Å². The summed E-state index contributed by atoms with van der Waals surface area (Å²) in [6.07, 6.45) is 0. The van der Waals surface area contributed by atoms with Crippen LogP contribution in [0.4, 0.5) is 5.69 Å². The highest BCUT2D eigenvalue weighted by Crippen LogP contribution is 2.28. The van der Waals surface area contributed by atoms with Gasteiger partial charge in [-0.2, -0.15) is 0 Å². The van der Waals surface area contributed by atoms with Crippen molar-refractivity contribution in [2.45, 2.75) is 6.04 Å². The molecule has 1 aromatic rings. The molecule has 1 saturated heterocycles. The van der Waals surface area contributed by atoms with Gasteiger partial charge in [-0.1, -0.05) is 17.7 Å². The largest absolute Gasteiger partial charge is 0.363 e. The molecule has 1 unspecified atom stereocenters. The SMILES string of the molecule is NCC1CN1c1cccc(Cl)c1. The fourth-order valence-electron chi connectivity index (χ4n) is 1.35. The van der Waals surface area contributed by atoms with Crippen LogP contribution in [0.25, 0.3) is 0 Å². The molecule has 2 nitrogen and oxygen atoms in total. The molecule has 1 aromatic carbocycles. The highest BCUT2D eigenvalue weighted by molar-refractivity contribution is 6.30. The van der Waals surface area contributed by atoms with E-state index in [2.05, 4.69) is 11.0 Å². The molecule has 0 radical (unpaired) electrons. The summed E-state index contributed by atoms with van der Waals surface area (Å²) in [5.41, 5.74) is 6.70. The molecule has 1 atom stereocenters. The van der Waals surface area contributed by atoms with Gasteiger partial charge in [0.1, 0.15) is 0 Å². The molecule has 0 saturated carbocycles. The van der Waals surface area contributed by atoms with E-state index in [1.807, 2.05) is 18.2 Å². The summed E-state index contributed by atoms with van der Waals surface area (Å²) < 4.78 is 0. The first-order valence-electron chi connectivity index (χ1n) is 4.03. The van der Waals surface area contributed by atoms with Crippen LogP contribution in [0, 0.1) is 0 Å². The molecule has 3 heteroatoms. The Morgan fingerprint density at radius 1 is 1.58 bits per heavy atom. The van der Waals surface area contributed by atoms with Crippen LogP contribution in [-0.4, -0.2) is 19.1 Å². The number of hydrogen-bond donors (Lipinski definition) is 1. The number of anilines is 1. The van der Waals surface area contributed by atoms with E-state index in [0.717, 1.165) is 18.1 Å². The van der Waals surface area contributed by atoms with Gasteiger partial charge in [0.05, 0.1) is 6.04 Å². The van der Waals surface area contributed by atoms with Crippen LogP contribution in [0.15, 0.2) is 24.3 Å². The molecular weight excluding hydrogens is 172 g/mol. The maximum atomic E-state index is 5.85. The molecule has 1 aliphatic heterocycles. The van der Waals surface area contributed by atoms with Gasteiger partial charge in [-0.05, 0) is 18.2 Å². The minimum atomic E-state index is 0.531. The van der Waals surface area contributed by atoms with Gasteiger partial charge in [0.25, 0.3) is 0 Å². The zero-order valence-electron chi connectivity index (χ0n) is 6.70. The van der Waals surface area contributed by atoms with Crippen LogP contribution in [0.2, 0.25) is 5.02 Å². The van der Waals surface area contributed by atoms with Gasteiger partial charge in [-0.25, -0.2) is 0 Å². The van der Waals surface area contributed by atoms with Crippen molar-refractivity contribution < 1.29 is 0 Å². The normalized spacial score (nSPS) is 21.2. The number of rotatable bonds is 2. The molecule has 12 heavy (non-hydrogen) atoms. The Balaban J connectivity index is 2.14. The minimum absolute atomic E-state index is 0.531. The monoisotopic (exact) mass is 182 g/mol. The summed E-state index contributed by atoms with van der Waals surface area (Å²) in [4.78, 5) is 2.24. The Hall–Kier alpha value is -0.730. The van der Waals surface area contributed by atoms with E-state index in [1.54, 1.807) is 0 Å². The lowest BCUT2D eigenvalue weighted by Gasteiger charge is -2.03. The van der Waals surface area contributed by atoms with Crippen molar-refractivity contribution in [2.75, 3.05) is 18.0 Å². The molecule has 2 rings (SSSR count). The average molecular weight is 183 g/mol. The van der Waals surface area contributed by atoms with Crippen molar-refractivity contribution in [3.05, 3.63) is 29.3 Å². The fourth-order valence-corrected chi connectivity index (χ4v) is 1.54. The third kappa shape index (κ3) is 1.40. The third-order valence-corrected chi connectivity index (χ3v) is 2.36. The lowest BCUT2D eigenvalue weighted by atomic mass is 10.3. The first-order chi connectivity index (χ1) is 5.81. The van der Waals surface area contributed by atoms with E-state index in [0.29, 0.717) is 6.04 Å². The second-order valence-electron chi connectivity index (χ2n) is 3.02. The van der Waals surface area contributed by atoms with Crippen molar-refractivity contribution in [3.8, 4) is 0 Å². The van der Waals surface area contributed by atoms with Gasteiger partial charge in [0.2, 0.25) is 0 Å². The Kier molecular flexibility index (Phi) is 1.95. The highest BCUT2D eigenvalue weighted by atomic mass is 35.5. The molecule has 64 valence electrons. The van der Waals surface area contributed by atoms with Crippen molar-refractivity contribution in [3.63, 3.8) is 0 Å². The zero-order chi connectivity index (χ0) is 8.55. The zero-order valence-corrected chi connectivity index (χ0v) is 7.46. The molecule has 0 aliphatic carbocycles. The molecule has 0 amide bonds. The quantitative estimate of drug-likeness (QED) is 0.703. The minimum Gasteiger partial charge on any atom is -0.363 e. The molecule has 0 bridgehead atoms. The van der Waals surface area contributed by atoms with Gasteiger partial charge in [0, 0.05) is 23.8 Å². The maximum absolute atomic E-state index is 5.85. The first kappa shape index (κ1) is 7.90. The predicted octanol–water partition coefficient (Wildman–Crippen LogP) is 1.49. The van der Waals surface area contributed by atoms with Crippen LogP contribution in [0.1, 0.15) is 0 Å². The van der Waals surface area contributed by atoms with Gasteiger partial charge >= 0.3 is 0 Å². The predicted molar refractivity (Wildman–Crippen MR) is 51.6 cm³/mol. The lowest BCUT2D eigenvalue weighted by Crippen LogP contribution is -2.11. The van der Waals surface area contributed by atoms with E-state index < -0.39 is 0 Å². The Morgan fingerprint density at radius 2 is 2.42 bits per heavy atom. The second kappa shape index (κ2) is 2.96. The molecule has 2 N–H and O–H groups in total. The van der Waals surface area contributed by atoms with E-state index in [-0.39, 0.29) is 0 Å². The maximum Gasteiger partial charge on any atom is 0.0588 e. The molecule has 0 spiro atoms.